The zero-order chi connectivity index (χ0) is 17.8. The molecule has 0 radical (unpaired) electrons. The fourth-order valence-electron chi connectivity index (χ4n) is 2.73. The molecule has 0 unspecified atom stereocenters. The lowest BCUT2D eigenvalue weighted by atomic mass is 10.1. The highest BCUT2D eigenvalue weighted by Gasteiger charge is 2.22. The van der Waals surface area contributed by atoms with E-state index in [1.165, 1.54) is 5.56 Å². The Morgan fingerprint density at radius 3 is 2.44 bits per heavy atom. The first-order chi connectivity index (χ1) is 12.0. The van der Waals surface area contributed by atoms with Gasteiger partial charge < -0.3 is 9.80 Å². The zero-order valence-corrected chi connectivity index (χ0v) is 15.5. The molecule has 0 saturated carbocycles. The van der Waals surface area contributed by atoms with Crippen molar-refractivity contribution in [2.24, 2.45) is 0 Å². The molecule has 1 saturated heterocycles. The maximum absolute atomic E-state index is 12.4. The average molecular weight is 376 g/mol. The minimum Gasteiger partial charge on any atom is -0.352 e. The molecule has 3 rings (SSSR count). The van der Waals surface area contributed by atoms with Crippen molar-refractivity contribution in [3.8, 4) is 0 Å². The van der Waals surface area contributed by atoms with Crippen molar-refractivity contribution >= 4 is 41.0 Å². The monoisotopic (exact) mass is 375 g/mol. The fraction of sp³-hybridized carbons (Fsp3) is 0.263. The molecule has 0 atom stereocenters. The van der Waals surface area contributed by atoms with E-state index in [9.17, 15) is 4.79 Å². The molecule has 25 heavy (non-hydrogen) atoms. The standard InChI is InChI=1S/C19H19Cl2N3O/c1-14-2-4-15(5-3-14)6-7-18(25)23-8-10-24(11-9-23)19-17(21)12-16(20)13-22-19/h2-7,12-13H,8-11H2,1H3. The van der Waals surface area contributed by atoms with E-state index in [-0.39, 0.29) is 5.91 Å². The van der Waals surface area contributed by atoms with E-state index in [4.69, 9.17) is 23.2 Å². The number of carbonyl (C=O) groups is 1. The summed E-state index contributed by atoms with van der Waals surface area (Å²) >= 11 is 12.1. The summed E-state index contributed by atoms with van der Waals surface area (Å²) in [6.45, 7) is 4.70. The van der Waals surface area contributed by atoms with Crippen molar-refractivity contribution in [3.63, 3.8) is 0 Å². The Morgan fingerprint density at radius 1 is 1.12 bits per heavy atom. The molecule has 2 aromatic rings. The van der Waals surface area contributed by atoms with Gasteiger partial charge in [-0.2, -0.15) is 0 Å². The van der Waals surface area contributed by atoms with E-state index in [1.54, 1.807) is 18.3 Å². The van der Waals surface area contributed by atoms with Crippen LogP contribution in [0.4, 0.5) is 5.82 Å². The maximum atomic E-state index is 12.4. The number of carbonyl (C=O) groups excluding carboxylic acids is 1. The van der Waals surface area contributed by atoms with E-state index in [0.29, 0.717) is 42.0 Å². The lowest BCUT2D eigenvalue weighted by Crippen LogP contribution is -2.48. The molecule has 1 fully saturated rings. The van der Waals surface area contributed by atoms with Gasteiger partial charge in [0.15, 0.2) is 0 Å². The number of piperazine rings is 1. The Kier molecular flexibility index (Phi) is 5.61. The van der Waals surface area contributed by atoms with Crippen molar-refractivity contribution in [1.29, 1.82) is 0 Å². The number of hydrogen-bond acceptors (Lipinski definition) is 3. The SMILES string of the molecule is Cc1ccc(C=CC(=O)N2CCN(c3ncc(Cl)cc3Cl)CC2)cc1. The molecule has 0 N–H and O–H groups in total. The van der Waals surface area contributed by atoms with Crippen LogP contribution in [0.1, 0.15) is 11.1 Å². The van der Waals surface area contributed by atoms with E-state index in [1.807, 2.05) is 42.2 Å². The van der Waals surface area contributed by atoms with Gasteiger partial charge in [-0.3, -0.25) is 4.79 Å². The molecular weight excluding hydrogens is 357 g/mol. The Balaban J connectivity index is 1.58. The molecule has 6 heteroatoms. The van der Waals surface area contributed by atoms with Crippen LogP contribution in [-0.2, 0) is 4.79 Å². The Hall–Kier alpha value is -2.04. The number of amides is 1. The number of rotatable bonds is 3. The molecule has 2 heterocycles. The van der Waals surface area contributed by atoms with E-state index in [2.05, 4.69) is 9.88 Å². The van der Waals surface area contributed by atoms with E-state index >= 15 is 0 Å². The van der Waals surface area contributed by atoms with Crippen LogP contribution in [0.15, 0.2) is 42.6 Å². The summed E-state index contributed by atoms with van der Waals surface area (Å²) in [5.74, 6) is 0.740. The molecule has 0 spiro atoms. The third-order valence-electron chi connectivity index (χ3n) is 4.17. The molecule has 1 aliphatic heterocycles. The van der Waals surface area contributed by atoms with Gasteiger partial charge in [-0.25, -0.2) is 4.98 Å². The van der Waals surface area contributed by atoms with Crippen LogP contribution >= 0.6 is 23.2 Å². The number of aryl methyl sites for hydroxylation is 1. The first-order valence-electron chi connectivity index (χ1n) is 8.12. The fourth-order valence-corrected chi connectivity index (χ4v) is 3.23. The number of aromatic nitrogens is 1. The third kappa shape index (κ3) is 4.53. The summed E-state index contributed by atoms with van der Waals surface area (Å²) < 4.78 is 0. The topological polar surface area (TPSA) is 36.4 Å². The van der Waals surface area contributed by atoms with Crippen LogP contribution in [0.5, 0.6) is 0 Å². The van der Waals surface area contributed by atoms with Crippen LogP contribution in [0.25, 0.3) is 6.08 Å². The summed E-state index contributed by atoms with van der Waals surface area (Å²) in [6, 6.07) is 9.77. The average Bonchev–Trinajstić information content (AvgIpc) is 2.61. The van der Waals surface area contributed by atoms with Gasteiger partial charge in [0.25, 0.3) is 0 Å². The van der Waals surface area contributed by atoms with Gasteiger partial charge in [0.05, 0.1) is 10.0 Å². The molecule has 0 bridgehead atoms. The predicted octanol–water partition coefficient (Wildman–Crippen LogP) is 4.06. The smallest absolute Gasteiger partial charge is 0.246 e. The molecular formula is C19H19Cl2N3O. The van der Waals surface area contributed by atoms with Crippen molar-refractivity contribution < 1.29 is 4.79 Å². The van der Waals surface area contributed by atoms with Gasteiger partial charge in [-0.15, -0.1) is 0 Å². The van der Waals surface area contributed by atoms with Crippen LogP contribution in [0.3, 0.4) is 0 Å². The third-order valence-corrected chi connectivity index (χ3v) is 4.66. The largest absolute Gasteiger partial charge is 0.352 e. The molecule has 1 aromatic heterocycles. The quantitative estimate of drug-likeness (QED) is 0.758. The Labute approximate surface area is 157 Å². The van der Waals surface area contributed by atoms with Crippen LogP contribution in [0, 0.1) is 6.92 Å². The number of anilines is 1. The summed E-state index contributed by atoms with van der Waals surface area (Å²) in [4.78, 5) is 20.6. The van der Waals surface area contributed by atoms with Crippen molar-refractivity contribution in [2.45, 2.75) is 6.92 Å². The van der Waals surface area contributed by atoms with Gasteiger partial charge >= 0.3 is 0 Å². The molecule has 4 nitrogen and oxygen atoms in total. The summed E-state index contributed by atoms with van der Waals surface area (Å²) in [5.41, 5.74) is 2.23. The lowest BCUT2D eigenvalue weighted by Gasteiger charge is -2.35. The highest BCUT2D eigenvalue weighted by Crippen LogP contribution is 2.26. The van der Waals surface area contributed by atoms with Gasteiger partial charge in [-0.1, -0.05) is 53.0 Å². The highest BCUT2D eigenvalue weighted by atomic mass is 35.5. The Bertz CT molecular complexity index is 782. The second-order valence-electron chi connectivity index (χ2n) is 6.02. The summed E-state index contributed by atoms with van der Waals surface area (Å²) in [5, 5.41) is 1.05. The molecule has 130 valence electrons. The van der Waals surface area contributed by atoms with Gasteiger partial charge in [0, 0.05) is 38.5 Å². The number of pyridine rings is 1. The Morgan fingerprint density at radius 2 is 1.80 bits per heavy atom. The van der Waals surface area contributed by atoms with E-state index < -0.39 is 0 Å². The summed E-state index contributed by atoms with van der Waals surface area (Å²) in [7, 11) is 0. The summed E-state index contributed by atoms with van der Waals surface area (Å²) in [6.07, 6.45) is 5.07. The van der Waals surface area contributed by atoms with Gasteiger partial charge in [-0.05, 0) is 24.6 Å². The highest BCUT2D eigenvalue weighted by molar-refractivity contribution is 6.36. The van der Waals surface area contributed by atoms with Gasteiger partial charge in [0.2, 0.25) is 5.91 Å². The van der Waals surface area contributed by atoms with Gasteiger partial charge in [0.1, 0.15) is 5.82 Å². The predicted molar refractivity (Wildman–Crippen MR) is 103 cm³/mol. The van der Waals surface area contributed by atoms with Crippen molar-refractivity contribution in [3.05, 3.63) is 63.8 Å². The second-order valence-corrected chi connectivity index (χ2v) is 6.86. The maximum Gasteiger partial charge on any atom is 0.246 e. The van der Waals surface area contributed by atoms with Crippen molar-refractivity contribution in [1.82, 2.24) is 9.88 Å². The first kappa shape index (κ1) is 17.8. The normalized spacial score (nSPS) is 15.0. The first-order valence-corrected chi connectivity index (χ1v) is 8.88. The second kappa shape index (κ2) is 7.89. The number of nitrogens with zero attached hydrogens (tertiary/aromatic N) is 3. The minimum absolute atomic E-state index is 0.0235. The van der Waals surface area contributed by atoms with Crippen LogP contribution in [0.2, 0.25) is 10.0 Å². The molecule has 1 aliphatic rings. The zero-order valence-electron chi connectivity index (χ0n) is 14.0. The number of benzene rings is 1. The van der Waals surface area contributed by atoms with Crippen LogP contribution < -0.4 is 4.90 Å². The minimum atomic E-state index is 0.0235. The molecule has 1 aromatic carbocycles. The van der Waals surface area contributed by atoms with Crippen LogP contribution in [-0.4, -0.2) is 42.0 Å². The van der Waals surface area contributed by atoms with Crippen molar-refractivity contribution in [2.75, 3.05) is 31.1 Å². The number of halogens is 2. The lowest BCUT2D eigenvalue weighted by molar-refractivity contribution is -0.126. The van der Waals surface area contributed by atoms with E-state index in [0.717, 1.165) is 5.56 Å². The molecule has 1 amide bonds. The molecule has 0 aliphatic carbocycles. The number of hydrogen-bond donors (Lipinski definition) is 0.